The fourth-order valence-corrected chi connectivity index (χ4v) is 3.83. The van der Waals surface area contributed by atoms with Crippen molar-refractivity contribution in [3.63, 3.8) is 0 Å². The normalized spacial score (nSPS) is 14.9. The molecule has 0 saturated carbocycles. The number of halogens is 1. The van der Waals surface area contributed by atoms with Crippen molar-refractivity contribution in [3.05, 3.63) is 57.8 Å². The Morgan fingerprint density at radius 1 is 1.08 bits per heavy atom. The summed E-state index contributed by atoms with van der Waals surface area (Å²) in [5.74, 6) is 0.367. The van der Waals surface area contributed by atoms with Gasteiger partial charge >= 0.3 is 0 Å². The van der Waals surface area contributed by atoms with E-state index in [0.717, 1.165) is 47.5 Å². The Labute approximate surface area is 161 Å². The molecule has 25 heavy (non-hydrogen) atoms. The summed E-state index contributed by atoms with van der Waals surface area (Å²) in [6.45, 7) is 3.03. The van der Waals surface area contributed by atoms with Crippen LogP contribution in [0.15, 0.2) is 48.7 Å². The van der Waals surface area contributed by atoms with E-state index >= 15 is 0 Å². The molecule has 0 bridgehead atoms. The number of hydrogen-bond donors (Lipinski definition) is 2. The molecule has 5 heteroatoms. The Kier molecular flexibility index (Phi) is 4.76. The molecule has 1 aliphatic heterocycles. The lowest BCUT2D eigenvalue weighted by molar-refractivity contribution is 0.324. The van der Waals surface area contributed by atoms with E-state index < -0.39 is 0 Å². The Hall–Kier alpha value is -1.86. The highest BCUT2D eigenvalue weighted by molar-refractivity contribution is 14.1. The molecule has 0 radical (unpaired) electrons. The quantitative estimate of drug-likeness (QED) is 0.444. The van der Waals surface area contributed by atoms with E-state index in [4.69, 9.17) is 0 Å². The van der Waals surface area contributed by atoms with Crippen LogP contribution in [0.3, 0.4) is 0 Å². The first-order valence-electron chi connectivity index (χ1n) is 8.54. The van der Waals surface area contributed by atoms with Gasteiger partial charge in [-0.25, -0.2) is 0 Å². The number of benzene rings is 2. The molecule has 0 aliphatic carbocycles. The molecular weight excluding hydrogens is 425 g/mol. The van der Waals surface area contributed by atoms with Gasteiger partial charge in [0, 0.05) is 38.6 Å². The molecule has 4 nitrogen and oxygen atoms in total. The average molecular weight is 445 g/mol. The maximum absolute atomic E-state index is 10.2. The number of aromatic hydroxyl groups is 1. The predicted octanol–water partition coefficient (Wildman–Crippen LogP) is 4.88. The zero-order chi connectivity index (χ0) is 17.2. The van der Waals surface area contributed by atoms with E-state index in [0.29, 0.717) is 5.75 Å². The number of nitrogens with zero attached hydrogens (tertiary/aromatic N) is 2. The minimum atomic E-state index is 0.367. The van der Waals surface area contributed by atoms with Crippen LogP contribution in [0.2, 0.25) is 0 Å². The highest BCUT2D eigenvalue weighted by atomic mass is 127. The highest BCUT2D eigenvalue weighted by Gasteiger charge is 2.14. The Bertz CT molecular complexity index is 907. The standard InChI is InChI=1S/C20H20IN3O/c21-15-3-5-17-18(7-8-22-19(17)12-15)23-16-4-6-20(25)14(11-16)13-24-9-1-2-10-24/h3-8,11-12,25H,1-2,9-10,13H2,(H,22,23). The minimum absolute atomic E-state index is 0.367. The van der Waals surface area contributed by atoms with Gasteiger partial charge in [-0.2, -0.15) is 0 Å². The second kappa shape index (κ2) is 7.17. The lowest BCUT2D eigenvalue weighted by atomic mass is 10.1. The van der Waals surface area contributed by atoms with Crippen LogP contribution in [0.1, 0.15) is 18.4 Å². The summed E-state index contributed by atoms with van der Waals surface area (Å²) < 4.78 is 1.17. The molecule has 1 aromatic heterocycles. The van der Waals surface area contributed by atoms with E-state index in [9.17, 15) is 5.11 Å². The minimum Gasteiger partial charge on any atom is -0.508 e. The molecule has 4 rings (SSSR count). The number of anilines is 2. The van der Waals surface area contributed by atoms with Gasteiger partial charge in [-0.15, -0.1) is 0 Å². The third kappa shape index (κ3) is 3.72. The third-order valence-corrected chi connectivity index (χ3v) is 5.33. The van der Waals surface area contributed by atoms with Crippen LogP contribution in [0, 0.1) is 3.57 Å². The maximum Gasteiger partial charge on any atom is 0.120 e. The number of likely N-dealkylation sites (tertiary alicyclic amines) is 1. The van der Waals surface area contributed by atoms with Crippen molar-refractivity contribution in [1.29, 1.82) is 0 Å². The predicted molar refractivity (Wildman–Crippen MR) is 110 cm³/mol. The second-order valence-corrected chi connectivity index (χ2v) is 7.72. The number of nitrogens with one attached hydrogen (secondary N) is 1. The highest BCUT2D eigenvalue weighted by Crippen LogP contribution is 2.29. The first-order chi connectivity index (χ1) is 12.2. The van der Waals surface area contributed by atoms with Gasteiger partial charge in [0.25, 0.3) is 0 Å². The van der Waals surface area contributed by atoms with Crippen LogP contribution < -0.4 is 5.32 Å². The number of phenols is 1. The first kappa shape index (κ1) is 16.6. The third-order valence-electron chi connectivity index (χ3n) is 4.66. The van der Waals surface area contributed by atoms with Gasteiger partial charge < -0.3 is 10.4 Å². The van der Waals surface area contributed by atoms with E-state index in [-0.39, 0.29) is 0 Å². The number of hydrogen-bond acceptors (Lipinski definition) is 4. The van der Waals surface area contributed by atoms with Crippen LogP contribution >= 0.6 is 22.6 Å². The zero-order valence-electron chi connectivity index (χ0n) is 13.9. The molecule has 0 spiro atoms. The van der Waals surface area contributed by atoms with Crippen molar-refractivity contribution in [2.24, 2.45) is 0 Å². The van der Waals surface area contributed by atoms with Gasteiger partial charge in [-0.3, -0.25) is 9.88 Å². The lowest BCUT2D eigenvalue weighted by Gasteiger charge is -2.17. The molecule has 1 fully saturated rings. The molecule has 1 saturated heterocycles. The summed E-state index contributed by atoms with van der Waals surface area (Å²) in [6.07, 6.45) is 4.33. The van der Waals surface area contributed by atoms with Crippen molar-refractivity contribution < 1.29 is 5.11 Å². The van der Waals surface area contributed by atoms with Crippen molar-refractivity contribution in [2.45, 2.75) is 19.4 Å². The molecule has 0 unspecified atom stereocenters. The van der Waals surface area contributed by atoms with Gasteiger partial charge in [-0.1, -0.05) is 0 Å². The lowest BCUT2D eigenvalue weighted by Crippen LogP contribution is -2.18. The summed E-state index contributed by atoms with van der Waals surface area (Å²) in [4.78, 5) is 6.84. The van der Waals surface area contributed by atoms with Crippen molar-refractivity contribution in [2.75, 3.05) is 18.4 Å². The molecule has 2 heterocycles. The monoisotopic (exact) mass is 445 g/mol. The average Bonchev–Trinajstić information content (AvgIpc) is 3.11. The summed E-state index contributed by atoms with van der Waals surface area (Å²) in [6, 6.07) is 14.0. The van der Waals surface area contributed by atoms with Gasteiger partial charge in [0.2, 0.25) is 0 Å². The van der Waals surface area contributed by atoms with E-state index in [1.165, 1.54) is 16.4 Å². The molecule has 128 valence electrons. The molecule has 2 N–H and O–H groups in total. The van der Waals surface area contributed by atoms with Crippen LogP contribution in [0.25, 0.3) is 10.9 Å². The zero-order valence-corrected chi connectivity index (χ0v) is 16.0. The second-order valence-electron chi connectivity index (χ2n) is 6.47. The van der Waals surface area contributed by atoms with Crippen LogP contribution in [-0.4, -0.2) is 28.1 Å². The van der Waals surface area contributed by atoms with E-state index in [2.05, 4.69) is 56.0 Å². The number of phenolic OH excluding ortho intramolecular Hbond substituents is 1. The Morgan fingerprint density at radius 3 is 2.76 bits per heavy atom. The largest absolute Gasteiger partial charge is 0.508 e. The summed E-state index contributed by atoms with van der Waals surface area (Å²) in [5, 5.41) is 14.8. The van der Waals surface area contributed by atoms with Crippen molar-refractivity contribution >= 4 is 44.9 Å². The molecular formula is C20H20IN3O. The number of rotatable bonds is 4. The van der Waals surface area contributed by atoms with Gasteiger partial charge in [0.05, 0.1) is 5.52 Å². The maximum atomic E-state index is 10.2. The van der Waals surface area contributed by atoms with Gasteiger partial charge in [-0.05, 0) is 91.0 Å². The summed E-state index contributed by atoms with van der Waals surface area (Å²) >= 11 is 2.30. The van der Waals surface area contributed by atoms with Gasteiger partial charge in [0.15, 0.2) is 0 Å². The van der Waals surface area contributed by atoms with Crippen LogP contribution in [-0.2, 0) is 6.54 Å². The molecule has 3 aromatic rings. The van der Waals surface area contributed by atoms with E-state index in [1.807, 2.05) is 24.4 Å². The molecule has 1 aliphatic rings. The smallest absolute Gasteiger partial charge is 0.120 e. The van der Waals surface area contributed by atoms with Gasteiger partial charge in [0.1, 0.15) is 5.75 Å². The van der Waals surface area contributed by atoms with Crippen LogP contribution in [0.4, 0.5) is 11.4 Å². The molecule has 2 aromatic carbocycles. The fraction of sp³-hybridized carbons (Fsp3) is 0.250. The number of pyridine rings is 1. The molecule has 0 amide bonds. The van der Waals surface area contributed by atoms with E-state index in [1.54, 1.807) is 6.07 Å². The topological polar surface area (TPSA) is 48.4 Å². The van der Waals surface area contributed by atoms with Crippen molar-refractivity contribution in [3.8, 4) is 5.75 Å². The SMILES string of the molecule is Oc1ccc(Nc2ccnc3cc(I)ccc23)cc1CN1CCCC1. The number of aromatic nitrogens is 1. The first-order valence-corrected chi connectivity index (χ1v) is 9.62. The fourth-order valence-electron chi connectivity index (χ4n) is 3.36. The molecule has 0 atom stereocenters. The summed E-state index contributed by atoms with van der Waals surface area (Å²) in [7, 11) is 0. The Morgan fingerprint density at radius 2 is 1.92 bits per heavy atom. The Balaban J connectivity index is 1.62. The number of fused-ring (bicyclic) bond motifs is 1. The van der Waals surface area contributed by atoms with Crippen LogP contribution in [0.5, 0.6) is 5.75 Å². The van der Waals surface area contributed by atoms with Crippen molar-refractivity contribution in [1.82, 2.24) is 9.88 Å². The summed E-state index contributed by atoms with van der Waals surface area (Å²) in [5.41, 5.74) is 3.96.